The molecule has 3 aromatic rings. The van der Waals surface area contributed by atoms with Crippen LogP contribution in [0.5, 0.6) is 11.5 Å². The quantitative estimate of drug-likeness (QED) is 0.229. The molecule has 1 aliphatic carbocycles. The molecule has 0 bridgehead atoms. The molecule has 1 atom stereocenters. The van der Waals surface area contributed by atoms with Gasteiger partial charge in [0.25, 0.3) is 0 Å². The van der Waals surface area contributed by atoms with Crippen molar-refractivity contribution in [3.63, 3.8) is 0 Å². The number of nitrogens with zero attached hydrogens (tertiary/aromatic N) is 3. The Bertz CT molecular complexity index is 1230. The summed E-state index contributed by atoms with van der Waals surface area (Å²) in [7, 11) is 1.68. The lowest BCUT2D eigenvalue weighted by Gasteiger charge is -2.31. The van der Waals surface area contributed by atoms with E-state index < -0.39 is 0 Å². The largest absolute Gasteiger partial charge is 0.493 e. The molecule has 1 aliphatic heterocycles. The second-order valence-corrected chi connectivity index (χ2v) is 10.4. The van der Waals surface area contributed by atoms with Gasteiger partial charge in [-0.05, 0) is 61.9 Å². The highest BCUT2D eigenvalue weighted by Crippen LogP contribution is 2.35. The van der Waals surface area contributed by atoms with Gasteiger partial charge in [0.1, 0.15) is 5.82 Å². The fraction of sp³-hybridized carbons (Fsp3) is 0.484. The highest BCUT2D eigenvalue weighted by molar-refractivity contribution is 5.81. The Morgan fingerprint density at radius 1 is 1.08 bits per heavy atom. The number of allylic oxidation sites excluding steroid dienone is 1. The Hall–Kier alpha value is -3.28. The fourth-order valence-electron chi connectivity index (χ4n) is 5.97. The highest BCUT2D eigenvalue weighted by Gasteiger charge is 2.37. The average Bonchev–Trinajstić information content (AvgIpc) is 3.50. The van der Waals surface area contributed by atoms with Crippen LogP contribution in [0.25, 0.3) is 11.0 Å². The number of hydrogen-bond donors (Lipinski definition) is 0. The van der Waals surface area contributed by atoms with Crippen LogP contribution in [0, 0.1) is 0 Å². The first-order valence-electron chi connectivity index (χ1n) is 13.8. The summed E-state index contributed by atoms with van der Waals surface area (Å²) in [6.45, 7) is 6.09. The summed E-state index contributed by atoms with van der Waals surface area (Å²) in [5.41, 5.74) is 3.33. The first-order chi connectivity index (χ1) is 18.2. The Morgan fingerprint density at radius 2 is 1.92 bits per heavy atom. The number of carbonyl (C=O) groups excluding carboxylic acids is 1. The lowest BCUT2D eigenvalue weighted by atomic mass is 9.94. The van der Waals surface area contributed by atoms with Crippen LogP contribution >= 0.6 is 0 Å². The topological polar surface area (TPSA) is 56.6 Å². The lowest BCUT2D eigenvalue weighted by Crippen LogP contribution is -2.37. The van der Waals surface area contributed by atoms with Crippen LogP contribution in [0.15, 0.2) is 55.1 Å². The van der Waals surface area contributed by atoms with Gasteiger partial charge in [0, 0.05) is 31.5 Å². The number of methoxy groups -OCH3 is 1. The van der Waals surface area contributed by atoms with E-state index in [4.69, 9.17) is 14.5 Å². The minimum Gasteiger partial charge on any atom is -0.493 e. The zero-order valence-electron chi connectivity index (χ0n) is 22.0. The predicted molar refractivity (Wildman–Crippen MR) is 147 cm³/mol. The standard InChI is InChI=1S/C31H39N3O3/c1-3-11-23-16-17-28(29(20-23)36-2)37-19-10-9-18-33-27-15-8-7-14-26(27)32-31(33)24-21-30(35)34(22-24)25-12-5-4-6-13-25/h3,7-8,14-17,20,24-25H,1,4-6,9-13,18-19,21-22H2,2H3. The van der Waals surface area contributed by atoms with Gasteiger partial charge in [-0.15, -0.1) is 6.58 Å². The molecule has 6 nitrogen and oxygen atoms in total. The van der Waals surface area contributed by atoms with Crippen LogP contribution in [-0.4, -0.2) is 46.7 Å². The van der Waals surface area contributed by atoms with Crippen molar-refractivity contribution in [1.82, 2.24) is 14.5 Å². The van der Waals surface area contributed by atoms with Crippen molar-refractivity contribution < 1.29 is 14.3 Å². The minimum absolute atomic E-state index is 0.163. The van der Waals surface area contributed by atoms with E-state index in [0.29, 0.717) is 25.0 Å². The summed E-state index contributed by atoms with van der Waals surface area (Å²) < 4.78 is 13.9. The molecule has 1 amide bonds. The van der Waals surface area contributed by atoms with Gasteiger partial charge in [0.05, 0.1) is 24.8 Å². The van der Waals surface area contributed by atoms with Gasteiger partial charge in [0.2, 0.25) is 5.91 Å². The molecule has 5 rings (SSSR count). The molecule has 0 spiro atoms. The zero-order chi connectivity index (χ0) is 25.6. The normalized spacial score (nSPS) is 18.5. The summed E-state index contributed by atoms with van der Waals surface area (Å²) in [6, 6.07) is 14.8. The molecule has 6 heteroatoms. The minimum atomic E-state index is 0.163. The van der Waals surface area contributed by atoms with Gasteiger partial charge in [-0.25, -0.2) is 4.98 Å². The van der Waals surface area contributed by atoms with Crippen molar-refractivity contribution in [3.05, 3.63) is 66.5 Å². The van der Waals surface area contributed by atoms with Crippen LogP contribution < -0.4 is 9.47 Å². The second-order valence-electron chi connectivity index (χ2n) is 10.4. The number of ether oxygens (including phenoxy) is 2. The summed E-state index contributed by atoms with van der Waals surface area (Å²) >= 11 is 0. The van der Waals surface area contributed by atoms with E-state index in [9.17, 15) is 4.79 Å². The van der Waals surface area contributed by atoms with E-state index in [-0.39, 0.29) is 5.92 Å². The second kappa shape index (κ2) is 11.8. The van der Waals surface area contributed by atoms with Gasteiger partial charge in [0.15, 0.2) is 11.5 Å². The number of hydrogen-bond acceptors (Lipinski definition) is 4. The number of imidazole rings is 1. The number of aromatic nitrogens is 2. The Labute approximate surface area is 220 Å². The third-order valence-corrected chi connectivity index (χ3v) is 7.86. The maximum atomic E-state index is 13.0. The number of rotatable bonds is 11. The molecule has 1 unspecified atom stereocenters. The third kappa shape index (κ3) is 5.68. The van der Waals surface area contributed by atoms with E-state index in [2.05, 4.69) is 40.3 Å². The van der Waals surface area contributed by atoms with Crippen molar-refractivity contribution in [2.75, 3.05) is 20.3 Å². The molecule has 2 fully saturated rings. The molecule has 1 saturated carbocycles. The Kier molecular flexibility index (Phi) is 8.12. The van der Waals surface area contributed by atoms with Crippen LogP contribution in [0.4, 0.5) is 0 Å². The number of aryl methyl sites for hydroxylation is 1. The highest BCUT2D eigenvalue weighted by atomic mass is 16.5. The summed E-state index contributed by atoms with van der Waals surface area (Å²) in [5.74, 6) is 3.06. The SMILES string of the molecule is C=CCc1ccc(OCCCCn2c(C3CC(=O)N(C4CCCCC4)C3)nc3ccccc32)c(OC)c1. The van der Waals surface area contributed by atoms with Gasteiger partial charge < -0.3 is 18.9 Å². The summed E-state index contributed by atoms with van der Waals surface area (Å²) in [4.78, 5) is 20.2. The van der Waals surface area contributed by atoms with Crippen molar-refractivity contribution >= 4 is 16.9 Å². The van der Waals surface area contributed by atoms with Crippen molar-refractivity contribution in [2.24, 2.45) is 0 Å². The molecule has 0 N–H and O–H groups in total. The monoisotopic (exact) mass is 501 g/mol. The maximum Gasteiger partial charge on any atom is 0.223 e. The molecule has 2 heterocycles. The van der Waals surface area contributed by atoms with Crippen LogP contribution in [0.1, 0.15) is 68.7 Å². The van der Waals surface area contributed by atoms with E-state index >= 15 is 0 Å². The number of likely N-dealkylation sites (tertiary alicyclic amines) is 1. The first-order valence-corrected chi connectivity index (χ1v) is 13.8. The summed E-state index contributed by atoms with van der Waals surface area (Å²) in [5, 5.41) is 0. The molecule has 37 heavy (non-hydrogen) atoms. The summed E-state index contributed by atoms with van der Waals surface area (Å²) in [6.07, 6.45) is 11.2. The number of unbranched alkanes of at least 4 members (excludes halogenated alkanes) is 1. The Balaban J connectivity index is 1.23. The van der Waals surface area contributed by atoms with E-state index in [1.807, 2.05) is 24.3 Å². The molecular weight excluding hydrogens is 462 g/mol. The number of carbonyl (C=O) groups is 1. The predicted octanol–water partition coefficient (Wildman–Crippen LogP) is 6.28. The number of benzene rings is 2. The molecule has 2 aliphatic rings. The zero-order valence-corrected chi connectivity index (χ0v) is 22.0. The number of fused-ring (bicyclic) bond motifs is 1. The van der Waals surface area contributed by atoms with Crippen LogP contribution in [0.2, 0.25) is 0 Å². The van der Waals surface area contributed by atoms with Gasteiger partial charge in [-0.3, -0.25) is 4.79 Å². The fourth-order valence-corrected chi connectivity index (χ4v) is 5.97. The number of amides is 1. The van der Waals surface area contributed by atoms with Gasteiger partial charge >= 0.3 is 0 Å². The smallest absolute Gasteiger partial charge is 0.223 e. The van der Waals surface area contributed by atoms with Crippen LogP contribution in [0.3, 0.4) is 0 Å². The molecule has 0 radical (unpaired) electrons. The van der Waals surface area contributed by atoms with Gasteiger partial charge in [-0.2, -0.15) is 0 Å². The van der Waals surface area contributed by atoms with E-state index in [1.54, 1.807) is 7.11 Å². The van der Waals surface area contributed by atoms with Crippen molar-refractivity contribution in [3.8, 4) is 11.5 Å². The van der Waals surface area contributed by atoms with Crippen molar-refractivity contribution in [1.29, 1.82) is 0 Å². The van der Waals surface area contributed by atoms with Gasteiger partial charge in [-0.1, -0.05) is 43.5 Å². The molecule has 1 aromatic heterocycles. The molecule has 196 valence electrons. The van der Waals surface area contributed by atoms with E-state index in [0.717, 1.165) is 79.1 Å². The van der Waals surface area contributed by atoms with Crippen LogP contribution in [-0.2, 0) is 17.8 Å². The molecular formula is C31H39N3O3. The van der Waals surface area contributed by atoms with E-state index in [1.165, 1.54) is 19.3 Å². The molecule has 1 saturated heterocycles. The average molecular weight is 502 g/mol. The number of para-hydroxylation sites is 2. The molecule has 2 aromatic carbocycles. The Morgan fingerprint density at radius 3 is 2.73 bits per heavy atom. The maximum absolute atomic E-state index is 13.0. The first kappa shape index (κ1) is 25.4. The van der Waals surface area contributed by atoms with Crippen molar-refractivity contribution in [2.45, 2.75) is 76.3 Å². The lowest BCUT2D eigenvalue weighted by molar-refractivity contribution is -0.130. The third-order valence-electron chi connectivity index (χ3n) is 7.86.